The molecule has 0 amide bonds. The maximum atomic E-state index is 6.13. The van der Waals surface area contributed by atoms with Crippen molar-refractivity contribution in [2.75, 3.05) is 0 Å². The van der Waals surface area contributed by atoms with E-state index < -0.39 is 0 Å². The number of nitrogens with zero attached hydrogens (tertiary/aromatic N) is 2. The standard InChI is InChI=1S/C12H22ClN3/c1-6-16-11(7-9(2)15-16)8-14-12(4,5)10(3)13/h7,10,14H,6,8H2,1-5H3. The quantitative estimate of drug-likeness (QED) is 0.806. The molecule has 0 spiro atoms. The third-order valence-electron chi connectivity index (χ3n) is 3.00. The smallest absolute Gasteiger partial charge is 0.0597 e. The van der Waals surface area contributed by atoms with Gasteiger partial charge in [-0.15, -0.1) is 11.6 Å². The van der Waals surface area contributed by atoms with E-state index in [0.29, 0.717) is 0 Å². The topological polar surface area (TPSA) is 29.9 Å². The Hall–Kier alpha value is -0.540. The molecular weight excluding hydrogens is 222 g/mol. The fourth-order valence-electron chi connectivity index (χ4n) is 1.47. The van der Waals surface area contributed by atoms with Gasteiger partial charge in [-0.25, -0.2) is 0 Å². The number of rotatable bonds is 5. The van der Waals surface area contributed by atoms with E-state index in [4.69, 9.17) is 11.6 Å². The van der Waals surface area contributed by atoms with Crippen molar-refractivity contribution >= 4 is 11.6 Å². The molecule has 0 radical (unpaired) electrons. The first-order valence-corrected chi connectivity index (χ1v) is 6.23. The molecule has 0 fully saturated rings. The second kappa shape index (κ2) is 5.19. The van der Waals surface area contributed by atoms with Crippen molar-refractivity contribution in [2.24, 2.45) is 0 Å². The van der Waals surface area contributed by atoms with Gasteiger partial charge in [-0.3, -0.25) is 4.68 Å². The van der Waals surface area contributed by atoms with Gasteiger partial charge in [-0.2, -0.15) is 5.10 Å². The van der Waals surface area contributed by atoms with Gasteiger partial charge in [0.15, 0.2) is 0 Å². The Labute approximate surface area is 103 Å². The van der Waals surface area contributed by atoms with Gasteiger partial charge < -0.3 is 5.32 Å². The van der Waals surface area contributed by atoms with Gasteiger partial charge in [0.05, 0.1) is 11.4 Å². The summed E-state index contributed by atoms with van der Waals surface area (Å²) in [7, 11) is 0. The second-order valence-electron chi connectivity index (χ2n) is 4.78. The monoisotopic (exact) mass is 243 g/mol. The number of halogens is 1. The van der Waals surface area contributed by atoms with E-state index in [-0.39, 0.29) is 10.9 Å². The molecule has 1 aromatic heterocycles. The lowest BCUT2D eigenvalue weighted by Crippen LogP contribution is -2.45. The van der Waals surface area contributed by atoms with Crippen LogP contribution in [0.25, 0.3) is 0 Å². The first-order chi connectivity index (χ1) is 7.36. The highest BCUT2D eigenvalue weighted by atomic mass is 35.5. The third kappa shape index (κ3) is 3.22. The zero-order valence-electron chi connectivity index (χ0n) is 10.8. The van der Waals surface area contributed by atoms with Crippen LogP contribution >= 0.6 is 11.6 Å². The van der Waals surface area contributed by atoms with Crippen molar-refractivity contribution in [3.8, 4) is 0 Å². The molecule has 0 aromatic carbocycles. The van der Waals surface area contributed by atoms with E-state index in [1.54, 1.807) is 0 Å². The minimum absolute atomic E-state index is 0.0711. The van der Waals surface area contributed by atoms with E-state index in [9.17, 15) is 0 Å². The number of alkyl halides is 1. The van der Waals surface area contributed by atoms with Gasteiger partial charge >= 0.3 is 0 Å². The second-order valence-corrected chi connectivity index (χ2v) is 5.44. The summed E-state index contributed by atoms with van der Waals surface area (Å²) in [5.74, 6) is 0. The van der Waals surface area contributed by atoms with Crippen LogP contribution in [0.4, 0.5) is 0 Å². The highest BCUT2D eigenvalue weighted by molar-refractivity contribution is 6.21. The molecule has 1 atom stereocenters. The van der Waals surface area contributed by atoms with Crippen LogP contribution in [-0.4, -0.2) is 20.7 Å². The van der Waals surface area contributed by atoms with Gasteiger partial charge in [0, 0.05) is 24.0 Å². The molecule has 1 aromatic rings. The van der Waals surface area contributed by atoms with Crippen molar-refractivity contribution in [3.05, 3.63) is 17.5 Å². The molecule has 16 heavy (non-hydrogen) atoms. The third-order valence-corrected chi connectivity index (χ3v) is 3.55. The van der Waals surface area contributed by atoms with Crippen molar-refractivity contribution in [1.82, 2.24) is 15.1 Å². The summed E-state index contributed by atoms with van der Waals surface area (Å²) in [5, 5.41) is 7.98. The Morgan fingerprint density at radius 2 is 2.19 bits per heavy atom. The van der Waals surface area contributed by atoms with Crippen LogP contribution in [0.5, 0.6) is 0 Å². The summed E-state index contributed by atoms with van der Waals surface area (Å²) in [6.45, 7) is 12.1. The highest BCUT2D eigenvalue weighted by Gasteiger charge is 2.23. The van der Waals surface area contributed by atoms with Crippen LogP contribution in [0, 0.1) is 6.92 Å². The fraction of sp³-hybridized carbons (Fsp3) is 0.750. The number of aromatic nitrogens is 2. The van der Waals surface area contributed by atoms with Crippen molar-refractivity contribution in [1.29, 1.82) is 0 Å². The fourth-order valence-corrected chi connectivity index (χ4v) is 1.55. The average Bonchev–Trinajstić information content (AvgIpc) is 2.56. The summed E-state index contributed by atoms with van der Waals surface area (Å²) >= 11 is 6.13. The molecule has 0 saturated carbocycles. The van der Waals surface area contributed by atoms with Gasteiger partial charge in [0.2, 0.25) is 0 Å². The Bertz CT molecular complexity index is 342. The van der Waals surface area contributed by atoms with Gasteiger partial charge in [-0.05, 0) is 40.7 Å². The predicted molar refractivity (Wildman–Crippen MR) is 68.9 cm³/mol. The average molecular weight is 244 g/mol. The van der Waals surface area contributed by atoms with Crippen LogP contribution in [0.1, 0.15) is 39.1 Å². The zero-order chi connectivity index (χ0) is 12.3. The number of nitrogens with one attached hydrogen (secondary N) is 1. The van der Waals surface area contributed by atoms with Crippen molar-refractivity contribution in [3.63, 3.8) is 0 Å². The van der Waals surface area contributed by atoms with Gasteiger partial charge in [-0.1, -0.05) is 0 Å². The van der Waals surface area contributed by atoms with Crippen LogP contribution in [0.15, 0.2) is 6.07 Å². The number of aryl methyl sites for hydroxylation is 2. The normalized spacial score (nSPS) is 14.1. The molecule has 4 heteroatoms. The van der Waals surface area contributed by atoms with E-state index >= 15 is 0 Å². The largest absolute Gasteiger partial charge is 0.305 e. The van der Waals surface area contributed by atoms with Crippen LogP contribution in [0.2, 0.25) is 0 Å². The number of hydrogen-bond acceptors (Lipinski definition) is 2. The Kier molecular flexibility index (Phi) is 4.39. The molecular formula is C12H22ClN3. The Morgan fingerprint density at radius 3 is 2.69 bits per heavy atom. The maximum absolute atomic E-state index is 6.13. The summed E-state index contributed by atoms with van der Waals surface area (Å²) in [4.78, 5) is 0. The lowest BCUT2D eigenvalue weighted by Gasteiger charge is -2.29. The Morgan fingerprint density at radius 1 is 1.56 bits per heavy atom. The highest BCUT2D eigenvalue weighted by Crippen LogP contribution is 2.15. The van der Waals surface area contributed by atoms with Crippen LogP contribution < -0.4 is 5.32 Å². The molecule has 0 aliphatic heterocycles. The predicted octanol–water partition coefficient (Wildman–Crippen LogP) is 2.71. The molecule has 0 bridgehead atoms. The minimum atomic E-state index is -0.0711. The summed E-state index contributed by atoms with van der Waals surface area (Å²) in [5.41, 5.74) is 2.21. The lowest BCUT2D eigenvalue weighted by molar-refractivity contribution is 0.372. The van der Waals surface area contributed by atoms with Gasteiger partial charge in [0.1, 0.15) is 0 Å². The molecule has 92 valence electrons. The van der Waals surface area contributed by atoms with Crippen LogP contribution in [-0.2, 0) is 13.1 Å². The molecule has 1 rings (SSSR count). The summed E-state index contributed by atoms with van der Waals surface area (Å²) in [6, 6.07) is 2.12. The minimum Gasteiger partial charge on any atom is -0.305 e. The lowest BCUT2D eigenvalue weighted by atomic mass is 10.0. The van der Waals surface area contributed by atoms with E-state index in [0.717, 1.165) is 18.8 Å². The number of hydrogen-bond donors (Lipinski definition) is 1. The first-order valence-electron chi connectivity index (χ1n) is 5.79. The molecule has 0 aliphatic carbocycles. The first kappa shape index (κ1) is 13.5. The van der Waals surface area contributed by atoms with Crippen molar-refractivity contribution < 1.29 is 0 Å². The van der Waals surface area contributed by atoms with Crippen LogP contribution in [0.3, 0.4) is 0 Å². The summed E-state index contributed by atoms with van der Waals surface area (Å²) in [6.07, 6.45) is 0. The SMILES string of the molecule is CCn1nc(C)cc1CNC(C)(C)C(C)Cl. The molecule has 1 N–H and O–H groups in total. The Balaban J connectivity index is 2.67. The zero-order valence-corrected chi connectivity index (χ0v) is 11.6. The van der Waals surface area contributed by atoms with E-state index in [2.05, 4.69) is 37.3 Å². The van der Waals surface area contributed by atoms with Gasteiger partial charge in [0.25, 0.3) is 0 Å². The van der Waals surface area contributed by atoms with Crippen molar-refractivity contribution in [2.45, 2.75) is 58.6 Å². The summed E-state index contributed by atoms with van der Waals surface area (Å²) < 4.78 is 2.03. The molecule has 0 aliphatic rings. The molecule has 0 saturated heterocycles. The molecule has 3 nitrogen and oxygen atoms in total. The molecule has 1 heterocycles. The van der Waals surface area contributed by atoms with E-state index in [1.807, 2.05) is 18.5 Å². The van der Waals surface area contributed by atoms with E-state index in [1.165, 1.54) is 5.69 Å². The molecule has 1 unspecified atom stereocenters. The maximum Gasteiger partial charge on any atom is 0.0597 e.